The number of hydrogen-bond donors (Lipinski definition) is 1. The maximum atomic E-state index is 5.67. The predicted molar refractivity (Wildman–Crippen MR) is 62.6 cm³/mol. The quantitative estimate of drug-likeness (QED) is 0.813. The minimum Gasteiger partial charge on any atom is -0.355 e. The van der Waals surface area contributed by atoms with Crippen LogP contribution >= 0.6 is 0 Å². The summed E-state index contributed by atoms with van der Waals surface area (Å²) in [6.07, 6.45) is 1.68. The minimum atomic E-state index is 0.423. The van der Waals surface area contributed by atoms with Crippen LogP contribution in [0.2, 0.25) is 0 Å². The second kappa shape index (κ2) is 5.07. The number of aromatic nitrogens is 2. The fourth-order valence-corrected chi connectivity index (χ4v) is 1.45. The number of anilines is 1. The Balaban J connectivity index is 2.94. The number of nitrogens with zero attached hydrogens (tertiary/aromatic N) is 3. The first-order chi connectivity index (χ1) is 7.07. The van der Waals surface area contributed by atoms with Crippen molar-refractivity contribution in [3.63, 3.8) is 0 Å². The van der Waals surface area contributed by atoms with Gasteiger partial charge < -0.3 is 10.6 Å². The fourth-order valence-electron chi connectivity index (χ4n) is 1.45. The van der Waals surface area contributed by atoms with Crippen LogP contribution in [-0.2, 0) is 6.54 Å². The third-order valence-corrected chi connectivity index (χ3v) is 2.91. The summed E-state index contributed by atoms with van der Waals surface area (Å²) in [7, 11) is 2.04. The molecule has 4 nitrogen and oxygen atoms in total. The van der Waals surface area contributed by atoms with Gasteiger partial charge in [-0.25, -0.2) is 0 Å². The summed E-state index contributed by atoms with van der Waals surface area (Å²) in [6, 6.07) is 2.35. The highest BCUT2D eigenvalue weighted by Crippen LogP contribution is 2.19. The molecular formula is C11H20N4. The summed E-state index contributed by atoms with van der Waals surface area (Å²) >= 11 is 0. The lowest BCUT2D eigenvalue weighted by molar-refractivity contribution is 0.500. The van der Waals surface area contributed by atoms with Crippen LogP contribution in [0.1, 0.15) is 26.3 Å². The molecule has 0 spiro atoms. The van der Waals surface area contributed by atoms with Crippen LogP contribution in [-0.4, -0.2) is 23.3 Å². The lowest BCUT2D eigenvalue weighted by Crippen LogP contribution is -2.34. The molecule has 0 aliphatic rings. The van der Waals surface area contributed by atoms with Gasteiger partial charge in [0.15, 0.2) is 5.82 Å². The van der Waals surface area contributed by atoms with E-state index in [-0.39, 0.29) is 0 Å². The van der Waals surface area contributed by atoms with E-state index in [1.54, 1.807) is 6.20 Å². The second-order valence-corrected chi connectivity index (χ2v) is 4.18. The van der Waals surface area contributed by atoms with Gasteiger partial charge in [-0.05, 0) is 18.9 Å². The molecule has 1 unspecified atom stereocenters. The molecule has 84 valence electrons. The first kappa shape index (κ1) is 11.9. The zero-order valence-electron chi connectivity index (χ0n) is 9.94. The summed E-state index contributed by atoms with van der Waals surface area (Å²) in [6.45, 7) is 7.07. The monoisotopic (exact) mass is 208 g/mol. The van der Waals surface area contributed by atoms with Crippen molar-refractivity contribution in [3.8, 4) is 0 Å². The van der Waals surface area contributed by atoms with Gasteiger partial charge >= 0.3 is 0 Å². The molecular weight excluding hydrogens is 188 g/mol. The Hall–Kier alpha value is -1.16. The van der Waals surface area contributed by atoms with Gasteiger partial charge in [0, 0.05) is 25.2 Å². The number of hydrogen-bond acceptors (Lipinski definition) is 4. The third-order valence-electron chi connectivity index (χ3n) is 2.91. The van der Waals surface area contributed by atoms with Gasteiger partial charge in [-0.15, -0.1) is 5.10 Å². The van der Waals surface area contributed by atoms with Crippen LogP contribution in [0, 0.1) is 5.92 Å². The Morgan fingerprint density at radius 2 is 2.07 bits per heavy atom. The van der Waals surface area contributed by atoms with Crippen molar-refractivity contribution in [1.29, 1.82) is 0 Å². The molecule has 0 aromatic carbocycles. The highest BCUT2D eigenvalue weighted by Gasteiger charge is 2.17. The van der Waals surface area contributed by atoms with E-state index in [0.717, 1.165) is 11.4 Å². The van der Waals surface area contributed by atoms with Gasteiger partial charge in [-0.2, -0.15) is 5.10 Å². The zero-order chi connectivity index (χ0) is 11.4. The maximum absolute atomic E-state index is 5.67. The van der Waals surface area contributed by atoms with Crippen LogP contribution < -0.4 is 10.6 Å². The molecule has 1 atom stereocenters. The van der Waals surface area contributed by atoms with Gasteiger partial charge in [0.2, 0.25) is 0 Å². The van der Waals surface area contributed by atoms with Gasteiger partial charge in [-0.3, -0.25) is 0 Å². The summed E-state index contributed by atoms with van der Waals surface area (Å²) in [5, 5.41) is 8.06. The molecule has 0 saturated carbocycles. The third kappa shape index (κ3) is 2.65. The number of nitrogens with two attached hydrogens (primary N) is 1. The molecule has 0 amide bonds. The van der Waals surface area contributed by atoms with Crippen molar-refractivity contribution in [2.45, 2.75) is 33.4 Å². The average Bonchev–Trinajstić information content (AvgIpc) is 2.26. The molecule has 0 saturated heterocycles. The first-order valence-corrected chi connectivity index (χ1v) is 5.31. The van der Waals surface area contributed by atoms with Crippen molar-refractivity contribution in [3.05, 3.63) is 17.8 Å². The van der Waals surface area contributed by atoms with E-state index in [4.69, 9.17) is 5.73 Å². The Bertz CT molecular complexity index is 311. The predicted octanol–water partition coefficient (Wildman–Crippen LogP) is 1.42. The van der Waals surface area contributed by atoms with Crippen LogP contribution in [0.4, 0.5) is 5.82 Å². The summed E-state index contributed by atoms with van der Waals surface area (Å²) in [4.78, 5) is 2.14. The van der Waals surface area contributed by atoms with E-state index in [1.807, 2.05) is 13.1 Å². The molecule has 2 N–H and O–H groups in total. The van der Waals surface area contributed by atoms with Gasteiger partial charge in [0.05, 0.1) is 6.20 Å². The molecule has 1 aromatic heterocycles. The van der Waals surface area contributed by atoms with E-state index in [9.17, 15) is 0 Å². The van der Waals surface area contributed by atoms with Gasteiger partial charge in [-0.1, -0.05) is 13.8 Å². The molecule has 1 aromatic rings. The molecule has 15 heavy (non-hydrogen) atoms. The highest BCUT2D eigenvalue weighted by atomic mass is 15.3. The second-order valence-electron chi connectivity index (χ2n) is 4.18. The van der Waals surface area contributed by atoms with Crippen LogP contribution in [0.5, 0.6) is 0 Å². The molecule has 1 rings (SSSR count). The molecule has 1 heterocycles. The van der Waals surface area contributed by atoms with Crippen molar-refractivity contribution >= 4 is 5.82 Å². The summed E-state index contributed by atoms with van der Waals surface area (Å²) in [5.41, 5.74) is 6.71. The number of rotatable bonds is 4. The first-order valence-electron chi connectivity index (χ1n) is 5.31. The van der Waals surface area contributed by atoms with Crippen LogP contribution in [0.25, 0.3) is 0 Å². The largest absolute Gasteiger partial charge is 0.355 e. The topological polar surface area (TPSA) is 55.0 Å². The van der Waals surface area contributed by atoms with E-state index in [2.05, 4.69) is 35.9 Å². The molecule has 0 aliphatic carbocycles. The Kier molecular flexibility index (Phi) is 4.03. The summed E-state index contributed by atoms with van der Waals surface area (Å²) < 4.78 is 0. The van der Waals surface area contributed by atoms with Gasteiger partial charge in [0.25, 0.3) is 0 Å². The van der Waals surface area contributed by atoms with Gasteiger partial charge in [0.1, 0.15) is 0 Å². The van der Waals surface area contributed by atoms with E-state index < -0.39 is 0 Å². The SMILES string of the molecule is CC(C)C(C)N(C)c1nnccc1CN. The lowest BCUT2D eigenvalue weighted by Gasteiger charge is -2.29. The van der Waals surface area contributed by atoms with Crippen molar-refractivity contribution in [2.75, 3.05) is 11.9 Å². The van der Waals surface area contributed by atoms with Crippen molar-refractivity contribution in [1.82, 2.24) is 10.2 Å². The van der Waals surface area contributed by atoms with Crippen LogP contribution in [0.15, 0.2) is 12.3 Å². The standard InChI is InChI=1S/C11H20N4/c1-8(2)9(3)15(4)11-10(7-12)5-6-13-14-11/h5-6,8-9H,7,12H2,1-4H3. The van der Waals surface area contributed by atoms with E-state index in [1.165, 1.54) is 0 Å². The Labute approximate surface area is 91.5 Å². The zero-order valence-corrected chi connectivity index (χ0v) is 9.94. The van der Waals surface area contributed by atoms with Crippen molar-refractivity contribution < 1.29 is 0 Å². The smallest absolute Gasteiger partial charge is 0.155 e. The molecule has 0 aliphatic heterocycles. The maximum Gasteiger partial charge on any atom is 0.155 e. The fraction of sp³-hybridized carbons (Fsp3) is 0.636. The van der Waals surface area contributed by atoms with E-state index in [0.29, 0.717) is 18.5 Å². The minimum absolute atomic E-state index is 0.423. The molecule has 4 heteroatoms. The normalized spacial score (nSPS) is 12.9. The highest BCUT2D eigenvalue weighted by molar-refractivity contribution is 5.45. The lowest BCUT2D eigenvalue weighted by atomic mass is 10.0. The van der Waals surface area contributed by atoms with Crippen molar-refractivity contribution in [2.24, 2.45) is 11.7 Å². The molecule has 0 bridgehead atoms. The van der Waals surface area contributed by atoms with E-state index >= 15 is 0 Å². The Morgan fingerprint density at radius 3 is 2.60 bits per heavy atom. The molecule has 0 fully saturated rings. The average molecular weight is 208 g/mol. The Morgan fingerprint density at radius 1 is 1.40 bits per heavy atom. The summed E-state index contributed by atoms with van der Waals surface area (Å²) in [5.74, 6) is 1.46. The van der Waals surface area contributed by atoms with Crippen LogP contribution in [0.3, 0.4) is 0 Å². The molecule has 0 radical (unpaired) electrons.